The Morgan fingerprint density at radius 2 is 1.85 bits per heavy atom. The first-order valence-electron chi connectivity index (χ1n) is 8.33. The number of methoxy groups -OCH3 is 1. The first-order valence-corrected chi connectivity index (χ1v) is 8.33. The largest absolute Gasteiger partial charge is 0.497 e. The Morgan fingerprint density at radius 1 is 1.04 bits per heavy atom. The van der Waals surface area contributed by atoms with Crippen LogP contribution in [-0.2, 0) is 0 Å². The van der Waals surface area contributed by atoms with Crippen molar-refractivity contribution in [2.24, 2.45) is 0 Å². The minimum absolute atomic E-state index is 0.326. The number of benzene rings is 2. The van der Waals surface area contributed by atoms with Gasteiger partial charge in [-0.15, -0.1) is 0 Å². The van der Waals surface area contributed by atoms with E-state index in [0.717, 1.165) is 11.3 Å². The number of ether oxygens (including phenoxy) is 1. The fraction of sp³-hybridized carbons (Fsp3) is 0.0500. The molecule has 27 heavy (non-hydrogen) atoms. The van der Waals surface area contributed by atoms with Crippen molar-refractivity contribution in [2.45, 2.75) is 0 Å². The number of anilines is 2. The van der Waals surface area contributed by atoms with Gasteiger partial charge in [0.05, 0.1) is 12.8 Å². The molecular formula is C20H17N5O2. The Kier molecular flexibility index (Phi) is 4.40. The number of carbonyl (C=O) groups is 1. The molecule has 0 aliphatic heterocycles. The zero-order valence-corrected chi connectivity index (χ0v) is 14.6. The van der Waals surface area contributed by atoms with Crippen LogP contribution in [0, 0.1) is 0 Å². The topological polar surface area (TPSA) is 80.5 Å². The summed E-state index contributed by atoms with van der Waals surface area (Å²) in [7, 11) is 1.58. The number of hydrogen-bond donors (Lipinski definition) is 2. The van der Waals surface area contributed by atoms with Crippen molar-refractivity contribution in [3.63, 3.8) is 0 Å². The maximum Gasteiger partial charge on any atom is 0.323 e. The van der Waals surface area contributed by atoms with Crippen LogP contribution >= 0.6 is 0 Å². The number of fused-ring (bicyclic) bond motifs is 1. The van der Waals surface area contributed by atoms with E-state index >= 15 is 0 Å². The molecule has 0 unspecified atom stereocenters. The monoisotopic (exact) mass is 359 g/mol. The molecule has 7 nitrogen and oxygen atoms in total. The van der Waals surface area contributed by atoms with E-state index < -0.39 is 0 Å². The quantitative estimate of drug-likeness (QED) is 0.576. The van der Waals surface area contributed by atoms with Crippen LogP contribution in [0.1, 0.15) is 0 Å². The van der Waals surface area contributed by atoms with E-state index in [4.69, 9.17) is 4.74 Å². The molecule has 2 aromatic carbocycles. The van der Waals surface area contributed by atoms with Gasteiger partial charge in [-0.2, -0.15) is 0 Å². The molecule has 0 radical (unpaired) electrons. The Hall–Kier alpha value is -3.87. The number of imidazole rings is 1. The summed E-state index contributed by atoms with van der Waals surface area (Å²) in [6.45, 7) is 0. The third kappa shape index (κ3) is 3.72. The highest BCUT2D eigenvalue weighted by Gasteiger charge is 2.07. The van der Waals surface area contributed by atoms with E-state index in [-0.39, 0.29) is 6.03 Å². The molecule has 0 saturated carbocycles. The SMILES string of the molecule is COc1cccc(NC(=O)Nc2ccc(-c3cn4cccnc4n3)cc2)c1. The van der Waals surface area contributed by atoms with Crippen LogP contribution in [-0.4, -0.2) is 27.5 Å². The van der Waals surface area contributed by atoms with Crippen LogP contribution < -0.4 is 15.4 Å². The second-order valence-corrected chi connectivity index (χ2v) is 5.84. The first-order chi connectivity index (χ1) is 13.2. The Morgan fingerprint density at radius 3 is 2.63 bits per heavy atom. The van der Waals surface area contributed by atoms with E-state index in [1.165, 1.54) is 0 Å². The van der Waals surface area contributed by atoms with Crippen molar-refractivity contribution in [2.75, 3.05) is 17.7 Å². The van der Waals surface area contributed by atoms with Crippen molar-refractivity contribution in [3.8, 4) is 17.0 Å². The molecule has 4 rings (SSSR count). The summed E-state index contributed by atoms with van der Waals surface area (Å²) >= 11 is 0. The molecule has 4 aromatic rings. The Labute approximate surface area is 155 Å². The van der Waals surface area contributed by atoms with E-state index in [9.17, 15) is 4.79 Å². The molecule has 134 valence electrons. The highest BCUT2D eigenvalue weighted by atomic mass is 16.5. The van der Waals surface area contributed by atoms with Crippen molar-refractivity contribution < 1.29 is 9.53 Å². The van der Waals surface area contributed by atoms with Crippen molar-refractivity contribution in [1.82, 2.24) is 14.4 Å². The summed E-state index contributed by atoms with van der Waals surface area (Å²) in [4.78, 5) is 20.9. The van der Waals surface area contributed by atoms with E-state index in [1.807, 2.05) is 59.3 Å². The van der Waals surface area contributed by atoms with E-state index in [0.29, 0.717) is 22.9 Å². The number of nitrogens with zero attached hydrogens (tertiary/aromatic N) is 3. The van der Waals surface area contributed by atoms with Crippen LogP contribution in [0.5, 0.6) is 5.75 Å². The Balaban J connectivity index is 1.44. The van der Waals surface area contributed by atoms with Gasteiger partial charge in [0, 0.05) is 41.6 Å². The summed E-state index contributed by atoms with van der Waals surface area (Å²) < 4.78 is 7.01. The summed E-state index contributed by atoms with van der Waals surface area (Å²) in [5, 5.41) is 5.58. The Bertz CT molecular complexity index is 1060. The number of urea groups is 1. The third-order valence-corrected chi connectivity index (χ3v) is 4.00. The van der Waals surface area contributed by atoms with Gasteiger partial charge in [0.25, 0.3) is 0 Å². The average Bonchev–Trinajstić information content (AvgIpc) is 3.13. The highest BCUT2D eigenvalue weighted by Crippen LogP contribution is 2.21. The van der Waals surface area contributed by atoms with Gasteiger partial charge < -0.3 is 15.4 Å². The molecule has 2 N–H and O–H groups in total. The predicted octanol–water partition coefficient (Wildman–Crippen LogP) is 4.05. The fourth-order valence-electron chi connectivity index (χ4n) is 2.69. The lowest BCUT2D eigenvalue weighted by Crippen LogP contribution is -2.19. The number of rotatable bonds is 4. The smallest absolute Gasteiger partial charge is 0.323 e. The molecule has 0 saturated heterocycles. The third-order valence-electron chi connectivity index (χ3n) is 4.00. The number of carbonyl (C=O) groups excluding carboxylic acids is 1. The van der Waals surface area contributed by atoms with Gasteiger partial charge in [-0.1, -0.05) is 18.2 Å². The van der Waals surface area contributed by atoms with Gasteiger partial charge in [-0.05, 0) is 30.3 Å². The number of hydrogen-bond acceptors (Lipinski definition) is 4. The number of aromatic nitrogens is 3. The summed E-state index contributed by atoms with van der Waals surface area (Å²) in [5.74, 6) is 1.33. The highest BCUT2D eigenvalue weighted by molar-refractivity contribution is 5.99. The second-order valence-electron chi connectivity index (χ2n) is 5.84. The van der Waals surface area contributed by atoms with Crippen LogP contribution in [0.3, 0.4) is 0 Å². The molecule has 2 amide bonds. The van der Waals surface area contributed by atoms with Gasteiger partial charge in [-0.25, -0.2) is 14.8 Å². The molecule has 0 aliphatic carbocycles. The van der Waals surface area contributed by atoms with Gasteiger partial charge in [0.2, 0.25) is 5.78 Å². The van der Waals surface area contributed by atoms with Gasteiger partial charge in [0.1, 0.15) is 5.75 Å². The van der Waals surface area contributed by atoms with Crippen LogP contribution in [0.15, 0.2) is 73.2 Å². The average molecular weight is 359 g/mol. The molecule has 0 fully saturated rings. The molecule has 0 atom stereocenters. The standard InChI is InChI=1S/C20H17N5O2/c1-27-17-5-2-4-16(12-17)23-20(26)22-15-8-6-14(7-9-15)18-13-25-11-3-10-21-19(25)24-18/h2-13H,1H3,(H2,22,23,26). The molecular weight excluding hydrogens is 342 g/mol. The van der Waals surface area contributed by atoms with Gasteiger partial charge in [-0.3, -0.25) is 4.40 Å². The zero-order valence-electron chi connectivity index (χ0n) is 14.6. The maximum absolute atomic E-state index is 12.2. The predicted molar refractivity (Wildman–Crippen MR) is 104 cm³/mol. The lowest BCUT2D eigenvalue weighted by atomic mass is 10.1. The summed E-state index contributed by atoms with van der Waals surface area (Å²) in [5.41, 5.74) is 3.10. The first kappa shape index (κ1) is 16.6. The molecule has 7 heteroatoms. The molecule has 0 spiro atoms. The van der Waals surface area contributed by atoms with Crippen molar-refractivity contribution in [3.05, 3.63) is 73.2 Å². The lowest BCUT2D eigenvalue weighted by Gasteiger charge is -2.09. The molecule has 0 bridgehead atoms. The summed E-state index contributed by atoms with van der Waals surface area (Å²) in [6.07, 6.45) is 5.53. The second kappa shape index (κ2) is 7.17. The van der Waals surface area contributed by atoms with Crippen LogP contribution in [0.25, 0.3) is 17.0 Å². The van der Waals surface area contributed by atoms with Gasteiger partial charge in [0.15, 0.2) is 0 Å². The van der Waals surface area contributed by atoms with E-state index in [2.05, 4.69) is 20.6 Å². The lowest BCUT2D eigenvalue weighted by molar-refractivity contribution is 0.262. The maximum atomic E-state index is 12.2. The van der Waals surface area contributed by atoms with E-state index in [1.54, 1.807) is 25.4 Å². The van der Waals surface area contributed by atoms with Crippen molar-refractivity contribution in [1.29, 1.82) is 0 Å². The fourth-order valence-corrected chi connectivity index (χ4v) is 2.69. The molecule has 2 aromatic heterocycles. The van der Waals surface area contributed by atoms with Crippen LogP contribution in [0.2, 0.25) is 0 Å². The van der Waals surface area contributed by atoms with Crippen LogP contribution in [0.4, 0.5) is 16.2 Å². The van der Waals surface area contributed by atoms with Crippen molar-refractivity contribution >= 4 is 23.2 Å². The number of amides is 2. The zero-order chi connectivity index (χ0) is 18.6. The minimum Gasteiger partial charge on any atom is -0.497 e. The summed E-state index contributed by atoms with van der Waals surface area (Å²) in [6, 6.07) is 16.2. The minimum atomic E-state index is -0.326. The molecule has 2 heterocycles. The normalized spacial score (nSPS) is 10.6. The number of nitrogens with one attached hydrogen (secondary N) is 2. The molecule has 0 aliphatic rings. The van der Waals surface area contributed by atoms with Gasteiger partial charge >= 0.3 is 6.03 Å².